The van der Waals surface area contributed by atoms with Gasteiger partial charge in [-0.05, 0) is 6.07 Å². The van der Waals surface area contributed by atoms with Gasteiger partial charge in [-0.2, -0.15) is 0 Å². The first-order valence-electron chi connectivity index (χ1n) is 5.84. The Kier molecular flexibility index (Phi) is 2.68. The van der Waals surface area contributed by atoms with Gasteiger partial charge in [0, 0.05) is 31.4 Å². The summed E-state index contributed by atoms with van der Waals surface area (Å²) in [4.78, 5) is 15.0. The molecule has 3 rings (SSSR count). The number of carbonyl (C=O) groups excluding carboxylic acids is 1. The van der Waals surface area contributed by atoms with E-state index in [9.17, 15) is 4.79 Å². The molecule has 0 aromatic heterocycles. The maximum Gasteiger partial charge on any atom is 0.224 e. The molecule has 0 saturated heterocycles. The third-order valence-electron chi connectivity index (χ3n) is 3.34. The minimum absolute atomic E-state index is 0.131. The summed E-state index contributed by atoms with van der Waals surface area (Å²) in [6.45, 7) is 2.46. The van der Waals surface area contributed by atoms with Crippen LogP contribution in [0.3, 0.4) is 0 Å². The molecule has 0 fully saturated rings. The van der Waals surface area contributed by atoms with E-state index in [1.165, 1.54) is 10.6 Å². The number of quaternary nitrogens is 1. The molecular weight excluding hydrogens is 232 g/mol. The Morgan fingerprint density at radius 3 is 3.12 bits per heavy atom. The van der Waals surface area contributed by atoms with Crippen LogP contribution < -0.4 is 9.80 Å². The first-order valence-corrected chi connectivity index (χ1v) is 6.78. The Morgan fingerprint density at radius 1 is 1.47 bits per heavy atom. The lowest BCUT2D eigenvalue weighted by Gasteiger charge is -2.19. The van der Waals surface area contributed by atoms with E-state index in [0.717, 1.165) is 18.7 Å². The topological polar surface area (TPSA) is 24.8 Å². The molecule has 1 aromatic rings. The van der Waals surface area contributed by atoms with E-state index in [1.54, 1.807) is 6.92 Å². The number of para-hydroxylation sites is 2. The van der Waals surface area contributed by atoms with Crippen molar-refractivity contribution in [3.8, 4) is 0 Å². The number of benzene rings is 1. The van der Waals surface area contributed by atoms with E-state index in [1.807, 2.05) is 34.9 Å². The van der Waals surface area contributed by atoms with Crippen LogP contribution in [0.25, 0.3) is 0 Å². The van der Waals surface area contributed by atoms with Gasteiger partial charge in [-0.3, -0.25) is 9.69 Å². The number of hydrogen-bond acceptors (Lipinski definition) is 2. The van der Waals surface area contributed by atoms with Crippen molar-refractivity contribution in [3.63, 3.8) is 0 Å². The van der Waals surface area contributed by atoms with Gasteiger partial charge in [0.05, 0.1) is 0 Å². The number of hydrogen-bond donors (Lipinski definition) is 1. The molecule has 0 aliphatic carbocycles. The van der Waals surface area contributed by atoms with Gasteiger partial charge in [-0.1, -0.05) is 23.9 Å². The Hall–Kier alpha value is -1.26. The highest BCUT2D eigenvalue weighted by Gasteiger charge is 2.34. The third-order valence-corrected chi connectivity index (χ3v) is 4.45. The van der Waals surface area contributed by atoms with Gasteiger partial charge in [0.15, 0.2) is 5.69 Å². The monoisotopic (exact) mass is 247 g/mol. The molecule has 2 heterocycles. The number of fused-ring (bicyclic) bond motifs is 3. The summed E-state index contributed by atoms with van der Waals surface area (Å²) in [7, 11) is 0. The van der Waals surface area contributed by atoms with Gasteiger partial charge in [0.25, 0.3) is 0 Å². The van der Waals surface area contributed by atoms with Gasteiger partial charge < -0.3 is 4.90 Å². The fraction of sp³-hybridized carbons (Fsp3) is 0.308. The highest BCUT2D eigenvalue weighted by Crippen LogP contribution is 2.30. The lowest BCUT2D eigenvalue weighted by molar-refractivity contribution is -0.783. The highest BCUT2D eigenvalue weighted by atomic mass is 32.2. The summed E-state index contributed by atoms with van der Waals surface area (Å²) >= 11 is 1.86. The van der Waals surface area contributed by atoms with E-state index in [-0.39, 0.29) is 5.91 Å². The average molecular weight is 247 g/mol. The van der Waals surface area contributed by atoms with Crippen molar-refractivity contribution in [3.05, 3.63) is 35.9 Å². The van der Waals surface area contributed by atoms with Gasteiger partial charge in [-0.25, -0.2) is 0 Å². The van der Waals surface area contributed by atoms with Crippen LogP contribution in [0, 0.1) is 0 Å². The number of rotatable bonds is 0. The lowest BCUT2D eigenvalue weighted by atomic mass is 10.2. The van der Waals surface area contributed by atoms with Gasteiger partial charge in [0.2, 0.25) is 5.91 Å². The maximum atomic E-state index is 11.7. The fourth-order valence-corrected chi connectivity index (χ4v) is 3.53. The molecule has 1 aromatic carbocycles. The van der Waals surface area contributed by atoms with Crippen LogP contribution in [0.4, 0.5) is 11.4 Å². The summed E-state index contributed by atoms with van der Waals surface area (Å²) in [6.07, 6.45) is 3.22. The summed E-state index contributed by atoms with van der Waals surface area (Å²) < 4.78 is 0. The summed E-state index contributed by atoms with van der Waals surface area (Å²) in [5.74, 6) is 0.131. The zero-order valence-electron chi connectivity index (χ0n) is 9.72. The average Bonchev–Trinajstić information content (AvgIpc) is 2.72. The summed E-state index contributed by atoms with van der Waals surface area (Å²) in [6, 6.07) is 8.21. The molecule has 1 N–H and O–H groups in total. The number of thioether (sulfide) groups is 1. The quantitative estimate of drug-likeness (QED) is 0.751. The minimum Gasteiger partial charge on any atom is -0.307 e. The van der Waals surface area contributed by atoms with Crippen molar-refractivity contribution in [2.45, 2.75) is 18.7 Å². The molecule has 0 saturated carbocycles. The fourth-order valence-electron chi connectivity index (χ4n) is 2.52. The van der Waals surface area contributed by atoms with E-state index in [2.05, 4.69) is 17.7 Å². The largest absolute Gasteiger partial charge is 0.307 e. The number of nitrogens with one attached hydrogen (secondary N) is 1. The molecule has 2 aliphatic heterocycles. The molecule has 0 radical (unpaired) electrons. The van der Waals surface area contributed by atoms with Crippen LogP contribution in [-0.2, 0) is 4.79 Å². The van der Waals surface area contributed by atoms with Crippen molar-refractivity contribution >= 4 is 29.0 Å². The molecule has 0 bridgehead atoms. The summed E-state index contributed by atoms with van der Waals surface area (Å²) in [5, 5.41) is 2.68. The Balaban J connectivity index is 2.11. The standard InChI is InChI=1S/C13H14N2OS/c1-10(16)14-7-6-13-15(8-9-17-13)12-5-3-2-4-11(12)14/h2-5,8-9,13H,6-7H2,1H3/p+1. The van der Waals surface area contributed by atoms with Crippen LogP contribution in [0.1, 0.15) is 13.3 Å². The highest BCUT2D eigenvalue weighted by molar-refractivity contribution is 8.02. The van der Waals surface area contributed by atoms with E-state index in [4.69, 9.17) is 0 Å². The van der Waals surface area contributed by atoms with Crippen LogP contribution >= 0.6 is 11.8 Å². The Labute approximate surface area is 105 Å². The molecule has 2 aliphatic rings. The first-order chi connectivity index (χ1) is 8.27. The maximum absolute atomic E-state index is 11.7. The molecule has 17 heavy (non-hydrogen) atoms. The number of nitrogens with zero attached hydrogens (tertiary/aromatic N) is 1. The molecule has 2 unspecified atom stereocenters. The number of anilines is 1. The van der Waals surface area contributed by atoms with Gasteiger partial charge >= 0.3 is 0 Å². The van der Waals surface area contributed by atoms with Crippen molar-refractivity contribution < 1.29 is 9.69 Å². The molecule has 0 spiro atoms. The van der Waals surface area contributed by atoms with E-state index >= 15 is 0 Å². The van der Waals surface area contributed by atoms with Crippen LogP contribution in [-0.4, -0.2) is 17.8 Å². The molecule has 2 atom stereocenters. The minimum atomic E-state index is 0.131. The van der Waals surface area contributed by atoms with Crippen molar-refractivity contribution in [1.82, 2.24) is 0 Å². The van der Waals surface area contributed by atoms with Gasteiger partial charge in [-0.15, -0.1) is 0 Å². The Morgan fingerprint density at radius 2 is 2.29 bits per heavy atom. The number of amides is 1. The second-order valence-corrected chi connectivity index (χ2v) is 5.47. The molecule has 4 heteroatoms. The smallest absolute Gasteiger partial charge is 0.224 e. The predicted molar refractivity (Wildman–Crippen MR) is 70.2 cm³/mol. The second-order valence-electron chi connectivity index (χ2n) is 4.36. The van der Waals surface area contributed by atoms with Crippen molar-refractivity contribution in [2.24, 2.45) is 0 Å². The number of carbonyl (C=O) groups is 1. The zero-order chi connectivity index (χ0) is 11.8. The SMILES string of the molecule is CC(=O)N1CCC2SC=C[NH+]2c2ccccc21. The predicted octanol–water partition coefficient (Wildman–Crippen LogP) is 1.50. The van der Waals surface area contributed by atoms with Crippen LogP contribution in [0.15, 0.2) is 35.9 Å². The molecule has 1 amide bonds. The van der Waals surface area contributed by atoms with Crippen molar-refractivity contribution in [2.75, 3.05) is 11.4 Å². The molecule has 88 valence electrons. The second kappa shape index (κ2) is 4.20. The molecule has 3 nitrogen and oxygen atoms in total. The van der Waals surface area contributed by atoms with E-state index < -0.39 is 0 Å². The first kappa shape index (κ1) is 10.9. The van der Waals surface area contributed by atoms with Crippen molar-refractivity contribution in [1.29, 1.82) is 0 Å². The van der Waals surface area contributed by atoms with E-state index in [0.29, 0.717) is 5.37 Å². The van der Waals surface area contributed by atoms with Crippen LogP contribution in [0.5, 0.6) is 0 Å². The van der Waals surface area contributed by atoms with Gasteiger partial charge in [0.1, 0.15) is 17.3 Å². The lowest BCUT2D eigenvalue weighted by Crippen LogP contribution is -3.04. The Bertz CT molecular complexity index is 471. The third kappa shape index (κ3) is 1.77. The molecular formula is C13H15N2OS+. The summed E-state index contributed by atoms with van der Waals surface area (Å²) in [5.41, 5.74) is 2.27. The normalized spacial score (nSPS) is 26.3. The van der Waals surface area contributed by atoms with Crippen LogP contribution in [0.2, 0.25) is 0 Å². The zero-order valence-corrected chi connectivity index (χ0v) is 10.5.